The van der Waals surface area contributed by atoms with E-state index in [1.54, 1.807) is 18.2 Å². The van der Waals surface area contributed by atoms with Crippen molar-refractivity contribution >= 4 is 22.4 Å². The van der Waals surface area contributed by atoms with E-state index in [1.807, 2.05) is 17.5 Å². The molecule has 1 aromatic heterocycles. The van der Waals surface area contributed by atoms with Crippen molar-refractivity contribution in [2.75, 3.05) is 5.32 Å². The van der Waals surface area contributed by atoms with Crippen molar-refractivity contribution in [1.29, 1.82) is 0 Å². The predicted octanol–water partition coefficient (Wildman–Crippen LogP) is 4.69. The van der Waals surface area contributed by atoms with Gasteiger partial charge >= 0.3 is 0 Å². The number of nitrogens with one attached hydrogen (secondary N) is 1. The van der Waals surface area contributed by atoms with Gasteiger partial charge in [0, 0.05) is 10.9 Å². The van der Waals surface area contributed by atoms with Crippen molar-refractivity contribution in [3.8, 4) is 11.3 Å². The molecular weight excluding hydrogens is 323 g/mol. The van der Waals surface area contributed by atoms with Gasteiger partial charge in [0.25, 0.3) is 0 Å². The quantitative estimate of drug-likeness (QED) is 0.732. The van der Waals surface area contributed by atoms with E-state index in [0.717, 1.165) is 17.7 Å². The number of carbonyl (C=O) groups is 1. The van der Waals surface area contributed by atoms with Crippen molar-refractivity contribution in [3.63, 3.8) is 0 Å². The molecule has 3 nitrogen and oxygen atoms in total. The summed E-state index contributed by atoms with van der Waals surface area (Å²) in [5.74, 6) is -0.647. The fourth-order valence-electron chi connectivity index (χ4n) is 2.35. The van der Waals surface area contributed by atoms with Gasteiger partial charge in [-0.05, 0) is 23.6 Å². The third-order valence-electron chi connectivity index (χ3n) is 3.72. The molecule has 0 atom stereocenters. The molecular formula is C19H17FN2OS. The number of hydrogen-bond acceptors (Lipinski definition) is 3. The van der Waals surface area contributed by atoms with Gasteiger partial charge in [0.2, 0.25) is 5.91 Å². The van der Waals surface area contributed by atoms with Crippen LogP contribution in [-0.2, 0) is 17.6 Å². The molecule has 0 saturated heterocycles. The van der Waals surface area contributed by atoms with E-state index in [2.05, 4.69) is 29.4 Å². The zero-order chi connectivity index (χ0) is 16.9. The molecule has 0 saturated carbocycles. The zero-order valence-corrected chi connectivity index (χ0v) is 14.1. The second-order valence-electron chi connectivity index (χ2n) is 5.40. The second-order valence-corrected chi connectivity index (χ2v) is 6.26. The van der Waals surface area contributed by atoms with Gasteiger partial charge in [-0.25, -0.2) is 9.37 Å². The van der Waals surface area contributed by atoms with Gasteiger partial charge in [-0.1, -0.05) is 49.4 Å². The first-order valence-corrected chi connectivity index (χ1v) is 8.61. The van der Waals surface area contributed by atoms with Crippen molar-refractivity contribution < 1.29 is 9.18 Å². The summed E-state index contributed by atoms with van der Waals surface area (Å²) in [5.41, 5.74) is 3.48. The molecule has 122 valence electrons. The van der Waals surface area contributed by atoms with E-state index in [1.165, 1.54) is 23.0 Å². The number of thiazole rings is 1. The van der Waals surface area contributed by atoms with Crippen molar-refractivity contribution in [1.82, 2.24) is 4.98 Å². The van der Waals surface area contributed by atoms with Gasteiger partial charge in [-0.15, -0.1) is 11.3 Å². The van der Waals surface area contributed by atoms with Crippen molar-refractivity contribution in [2.24, 2.45) is 0 Å². The largest absolute Gasteiger partial charge is 0.302 e. The number of hydrogen-bond donors (Lipinski definition) is 1. The molecule has 0 aliphatic rings. The number of nitrogens with zero attached hydrogens (tertiary/aromatic N) is 1. The highest BCUT2D eigenvalue weighted by molar-refractivity contribution is 7.14. The average Bonchev–Trinajstić information content (AvgIpc) is 3.05. The smallest absolute Gasteiger partial charge is 0.230 e. The molecule has 2 aromatic carbocycles. The minimum absolute atomic E-state index is 0.00716. The Morgan fingerprint density at radius 3 is 2.62 bits per heavy atom. The highest BCUT2D eigenvalue weighted by Crippen LogP contribution is 2.25. The normalized spacial score (nSPS) is 10.6. The fourth-order valence-corrected chi connectivity index (χ4v) is 3.09. The number of benzene rings is 2. The molecule has 3 aromatic rings. The van der Waals surface area contributed by atoms with Crippen LogP contribution in [-0.4, -0.2) is 10.9 Å². The lowest BCUT2D eigenvalue weighted by Gasteiger charge is -2.03. The third kappa shape index (κ3) is 3.86. The Hall–Kier alpha value is -2.53. The van der Waals surface area contributed by atoms with Crippen LogP contribution in [0.4, 0.5) is 9.52 Å². The van der Waals surface area contributed by atoms with Crippen LogP contribution in [0.15, 0.2) is 53.9 Å². The van der Waals surface area contributed by atoms with Gasteiger partial charge in [-0.3, -0.25) is 4.79 Å². The summed E-state index contributed by atoms with van der Waals surface area (Å²) in [6, 6.07) is 14.5. The van der Waals surface area contributed by atoms with Crippen LogP contribution < -0.4 is 5.32 Å². The van der Waals surface area contributed by atoms with Crippen LogP contribution >= 0.6 is 11.3 Å². The molecule has 1 amide bonds. The maximum atomic E-state index is 13.6. The summed E-state index contributed by atoms with van der Waals surface area (Å²) >= 11 is 1.36. The standard InChI is InChI=1S/C19H17FN2OS/c1-2-13-7-9-14(10-8-13)17-12-24-19(21-17)22-18(23)11-15-5-3-4-6-16(15)20/h3-10,12H,2,11H2,1H3,(H,21,22,23). The summed E-state index contributed by atoms with van der Waals surface area (Å²) in [7, 11) is 0. The summed E-state index contributed by atoms with van der Waals surface area (Å²) in [5, 5.41) is 5.15. The van der Waals surface area contributed by atoms with Crippen LogP contribution in [0.5, 0.6) is 0 Å². The van der Waals surface area contributed by atoms with E-state index in [9.17, 15) is 9.18 Å². The van der Waals surface area contributed by atoms with E-state index < -0.39 is 0 Å². The zero-order valence-electron chi connectivity index (χ0n) is 13.3. The van der Waals surface area contributed by atoms with Gasteiger partial charge < -0.3 is 5.32 Å². The lowest BCUT2D eigenvalue weighted by Crippen LogP contribution is -2.15. The van der Waals surface area contributed by atoms with Crippen LogP contribution in [0.2, 0.25) is 0 Å². The van der Waals surface area contributed by atoms with Crippen LogP contribution in [0, 0.1) is 5.82 Å². The Balaban J connectivity index is 1.67. The maximum absolute atomic E-state index is 13.6. The molecule has 24 heavy (non-hydrogen) atoms. The SMILES string of the molecule is CCc1ccc(-c2csc(NC(=O)Cc3ccccc3F)n2)cc1. The molecule has 0 radical (unpaired) electrons. The molecule has 0 bridgehead atoms. The Morgan fingerprint density at radius 2 is 1.92 bits per heavy atom. The van der Waals surface area contributed by atoms with Gasteiger partial charge in [0.1, 0.15) is 5.82 Å². The first kappa shape index (κ1) is 16.3. The number of halogens is 1. The summed E-state index contributed by atoms with van der Waals surface area (Å²) in [4.78, 5) is 16.5. The molecule has 3 rings (SSSR count). The minimum Gasteiger partial charge on any atom is -0.302 e. The topological polar surface area (TPSA) is 42.0 Å². The van der Waals surface area contributed by atoms with Crippen LogP contribution in [0.1, 0.15) is 18.1 Å². The van der Waals surface area contributed by atoms with Gasteiger partial charge in [0.15, 0.2) is 5.13 Å². The molecule has 0 unspecified atom stereocenters. The highest BCUT2D eigenvalue weighted by atomic mass is 32.1. The van der Waals surface area contributed by atoms with Crippen molar-refractivity contribution in [3.05, 3.63) is 70.9 Å². The van der Waals surface area contributed by atoms with E-state index in [4.69, 9.17) is 0 Å². The Bertz CT molecular complexity index is 843. The number of carbonyl (C=O) groups excluding carboxylic acids is 1. The van der Waals surface area contributed by atoms with Gasteiger partial charge in [-0.2, -0.15) is 0 Å². The monoisotopic (exact) mass is 340 g/mol. The summed E-state index contributed by atoms with van der Waals surface area (Å²) in [6.45, 7) is 2.11. The summed E-state index contributed by atoms with van der Waals surface area (Å²) < 4.78 is 13.6. The molecule has 0 aliphatic carbocycles. The fraction of sp³-hybridized carbons (Fsp3) is 0.158. The van der Waals surface area contributed by atoms with Gasteiger partial charge in [0.05, 0.1) is 12.1 Å². The molecule has 1 heterocycles. The van der Waals surface area contributed by atoms with Crippen LogP contribution in [0.3, 0.4) is 0 Å². The first-order valence-electron chi connectivity index (χ1n) is 7.74. The number of rotatable bonds is 5. The number of amides is 1. The Labute approximate surface area is 144 Å². The number of anilines is 1. The molecule has 1 N–H and O–H groups in total. The number of aryl methyl sites for hydroxylation is 1. The van der Waals surface area contributed by atoms with Crippen molar-refractivity contribution in [2.45, 2.75) is 19.8 Å². The Morgan fingerprint density at radius 1 is 1.17 bits per heavy atom. The summed E-state index contributed by atoms with van der Waals surface area (Å²) in [6.07, 6.45) is 0.988. The third-order valence-corrected chi connectivity index (χ3v) is 4.48. The average molecular weight is 340 g/mol. The molecule has 0 spiro atoms. The maximum Gasteiger partial charge on any atom is 0.230 e. The predicted molar refractivity (Wildman–Crippen MR) is 95.7 cm³/mol. The highest BCUT2D eigenvalue weighted by Gasteiger charge is 2.11. The minimum atomic E-state index is -0.372. The van der Waals surface area contributed by atoms with E-state index in [-0.39, 0.29) is 18.1 Å². The number of aromatic nitrogens is 1. The van der Waals surface area contributed by atoms with Crippen LogP contribution in [0.25, 0.3) is 11.3 Å². The molecule has 0 aliphatic heterocycles. The molecule has 0 fully saturated rings. The first-order chi connectivity index (χ1) is 11.7. The molecule has 5 heteroatoms. The van der Waals surface area contributed by atoms with E-state index >= 15 is 0 Å². The van der Waals surface area contributed by atoms with E-state index in [0.29, 0.717) is 10.7 Å². The lowest BCUT2D eigenvalue weighted by atomic mass is 10.1. The second kappa shape index (κ2) is 7.36. The lowest BCUT2D eigenvalue weighted by molar-refractivity contribution is -0.115. The Kier molecular flexibility index (Phi) is 5.01.